The quantitative estimate of drug-likeness (QED) is 0.848. The number of nitrogens with one attached hydrogen (secondary N) is 1. The lowest BCUT2D eigenvalue weighted by atomic mass is 10.2. The van der Waals surface area contributed by atoms with Gasteiger partial charge < -0.3 is 15.0 Å². The highest BCUT2D eigenvalue weighted by atomic mass is 16.5. The van der Waals surface area contributed by atoms with E-state index in [2.05, 4.69) is 5.32 Å². The minimum absolute atomic E-state index is 0.0150. The molecule has 0 aliphatic heterocycles. The lowest BCUT2D eigenvalue weighted by Gasteiger charge is -2.20. The maximum atomic E-state index is 11.8. The Morgan fingerprint density at radius 2 is 1.71 bits per heavy atom. The van der Waals surface area contributed by atoms with E-state index >= 15 is 0 Å². The summed E-state index contributed by atoms with van der Waals surface area (Å²) in [6, 6.07) is 7.25. The Balaban J connectivity index is 2.59. The number of hydrogen-bond acceptors (Lipinski definition) is 3. The molecule has 1 aromatic carbocycles. The van der Waals surface area contributed by atoms with Gasteiger partial charge in [0.05, 0.1) is 12.7 Å². The maximum Gasteiger partial charge on any atom is 0.313 e. The Labute approximate surface area is 126 Å². The fourth-order valence-electron chi connectivity index (χ4n) is 1.53. The van der Waals surface area contributed by atoms with Crippen LogP contribution >= 0.6 is 0 Å². The lowest BCUT2D eigenvalue weighted by molar-refractivity contribution is -0.143. The number of nitrogens with zero attached hydrogens (tertiary/aromatic N) is 1. The van der Waals surface area contributed by atoms with Crippen LogP contribution in [-0.2, 0) is 20.9 Å². The highest BCUT2D eigenvalue weighted by Gasteiger charge is 2.20. The molecule has 0 aliphatic rings. The van der Waals surface area contributed by atoms with Crippen molar-refractivity contribution < 1.29 is 14.3 Å². The summed E-state index contributed by atoms with van der Waals surface area (Å²) in [6.07, 6.45) is 0.175. The number of hydrogen-bond donors (Lipinski definition) is 1. The molecular formula is C16H24N2O3. The first-order valence-corrected chi connectivity index (χ1v) is 7.10. The van der Waals surface area contributed by atoms with Gasteiger partial charge in [-0.1, -0.05) is 12.1 Å². The molecule has 0 saturated carbocycles. The van der Waals surface area contributed by atoms with Gasteiger partial charge in [0, 0.05) is 18.8 Å². The molecule has 5 heteroatoms. The maximum absolute atomic E-state index is 11.8. The van der Waals surface area contributed by atoms with E-state index < -0.39 is 11.8 Å². The molecule has 0 aromatic heterocycles. The van der Waals surface area contributed by atoms with Crippen molar-refractivity contribution in [3.8, 4) is 0 Å². The van der Waals surface area contributed by atoms with Crippen molar-refractivity contribution in [1.82, 2.24) is 4.90 Å². The van der Waals surface area contributed by atoms with Crippen molar-refractivity contribution in [2.75, 3.05) is 12.4 Å². The van der Waals surface area contributed by atoms with Crippen LogP contribution in [0.3, 0.4) is 0 Å². The molecule has 0 bridgehead atoms. The molecule has 1 aromatic rings. The third kappa shape index (κ3) is 5.55. The third-order valence-corrected chi connectivity index (χ3v) is 3.08. The van der Waals surface area contributed by atoms with E-state index in [1.165, 1.54) is 4.90 Å². The fraction of sp³-hybridized carbons (Fsp3) is 0.500. The predicted octanol–water partition coefficient (Wildman–Crippen LogP) is 2.42. The van der Waals surface area contributed by atoms with Crippen molar-refractivity contribution >= 4 is 17.5 Å². The van der Waals surface area contributed by atoms with Gasteiger partial charge in [-0.15, -0.1) is 0 Å². The smallest absolute Gasteiger partial charge is 0.313 e. The van der Waals surface area contributed by atoms with E-state index in [0.717, 1.165) is 5.56 Å². The largest absolute Gasteiger partial charge is 0.374 e. The minimum atomic E-state index is -0.627. The second-order valence-corrected chi connectivity index (χ2v) is 5.52. The molecule has 1 rings (SSSR count). The zero-order valence-corrected chi connectivity index (χ0v) is 13.3. The Bertz CT molecular complexity index is 481. The van der Waals surface area contributed by atoms with Gasteiger partial charge >= 0.3 is 11.8 Å². The molecule has 0 atom stereocenters. The molecule has 0 aliphatic carbocycles. The first kappa shape index (κ1) is 17.2. The molecule has 0 spiro atoms. The van der Waals surface area contributed by atoms with Crippen LogP contribution in [-0.4, -0.2) is 35.9 Å². The topological polar surface area (TPSA) is 58.6 Å². The molecule has 116 valence electrons. The number of amides is 2. The average molecular weight is 292 g/mol. The van der Waals surface area contributed by atoms with Crippen LogP contribution in [0.5, 0.6) is 0 Å². The Hall–Kier alpha value is -1.88. The molecule has 0 fully saturated rings. The number of rotatable bonds is 5. The molecule has 0 radical (unpaired) electrons. The van der Waals surface area contributed by atoms with Crippen LogP contribution in [0, 0.1) is 0 Å². The summed E-state index contributed by atoms with van der Waals surface area (Å²) < 4.78 is 5.50. The Morgan fingerprint density at radius 3 is 2.19 bits per heavy atom. The molecule has 0 unspecified atom stereocenters. The highest BCUT2D eigenvalue weighted by molar-refractivity contribution is 6.39. The number of carbonyl (C=O) groups is 2. The van der Waals surface area contributed by atoms with Gasteiger partial charge in [0.1, 0.15) is 0 Å². The van der Waals surface area contributed by atoms with Crippen LogP contribution < -0.4 is 5.32 Å². The van der Waals surface area contributed by atoms with Gasteiger partial charge in [-0.2, -0.15) is 0 Å². The number of carbonyl (C=O) groups excluding carboxylic acids is 2. The van der Waals surface area contributed by atoms with Crippen molar-refractivity contribution in [2.24, 2.45) is 0 Å². The van der Waals surface area contributed by atoms with Gasteiger partial charge in [-0.05, 0) is 45.4 Å². The van der Waals surface area contributed by atoms with Crippen molar-refractivity contribution in [1.29, 1.82) is 0 Å². The number of benzene rings is 1. The van der Waals surface area contributed by atoms with Crippen molar-refractivity contribution in [2.45, 2.75) is 46.4 Å². The number of likely N-dealkylation sites (N-methyl/N-ethyl adjacent to an activating group) is 1. The summed E-state index contributed by atoms with van der Waals surface area (Å²) in [5.41, 5.74) is 1.62. The van der Waals surface area contributed by atoms with Crippen molar-refractivity contribution in [3.05, 3.63) is 29.8 Å². The van der Waals surface area contributed by atoms with E-state index in [9.17, 15) is 9.59 Å². The standard InChI is InChI=1S/C16H24N2O3/c1-11(2)18(5)16(20)15(19)17-14-8-6-13(7-9-14)10-21-12(3)4/h6-9,11-12H,10H2,1-5H3,(H,17,19). The van der Waals surface area contributed by atoms with Gasteiger partial charge in [0.25, 0.3) is 0 Å². The Morgan fingerprint density at radius 1 is 1.14 bits per heavy atom. The molecule has 1 N–H and O–H groups in total. The lowest BCUT2D eigenvalue weighted by Crippen LogP contribution is -2.40. The average Bonchev–Trinajstić information content (AvgIpc) is 2.44. The number of anilines is 1. The molecule has 0 saturated heterocycles. The third-order valence-electron chi connectivity index (χ3n) is 3.08. The molecular weight excluding hydrogens is 268 g/mol. The van der Waals surface area contributed by atoms with Crippen LogP contribution in [0.25, 0.3) is 0 Å². The first-order chi connectivity index (χ1) is 9.81. The van der Waals surface area contributed by atoms with E-state index in [1.54, 1.807) is 19.2 Å². The molecule has 0 heterocycles. The normalized spacial score (nSPS) is 10.8. The molecule has 21 heavy (non-hydrogen) atoms. The minimum Gasteiger partial charge on any atom is -0.374 e. The second-order valence-electron chi connectivity index (χ2n) is 5.52. The summed E-state index contributed by atoms with van der Waals surface area (Å²) >= 11 is 0. The van der Waals surface area contributed by atoms with E-state index in [4.69, 9.17) is 4.74 Å². The zero-order chi connectivity index (χ0) is 16.0. The van der Waals surface area contributed by atoms with Gasteiger partial charge in [0.2, 0.25) is 0 Å². The summed E-state index contributed by atoms with van der Waals surface area (Å²) in [7, 11) is 1.61. The second kappa shape index (κ2) is 7.78. The van der Waals surface area contributed by atoms with Crippen LogP contribution in [0.15, 0.2) is 24.3 Å². The number of ether oxygens (including phenoxy) is 1. The summed E-state index contributed by atoms with van der Waals surface area (Å²) in [5, 5.41) is 2.60. The van der Waals surface area contributed by atoms with E-state index in [1.807, 2.05) is 39.8 Å². The highest BCUT2D eigenvalue weighted by Crippen LogP contribution is 2.11. The monoisotopic (exact) mass is 292 g/mol. The Kier molecular flexibility index (Phi) is 6.37. The first-order valence-electron chi connectivity index (χ1n) is 7.10. The van der Waals surface area contributed by atoms with Gasteiger partial charge in [-0.25, -0.2) is 0 Å². The predicted molar refractivity (Wildman–Crippen MR) is 82.9 cm³/mol. The summed E-state index contributed by atoms with van der Waals surface area (Å²) in [4.78, 5) is 25.1. The zero-order valence-electron chi connectivity index (χ0n) is 13.3. The van der Waals surface area contributed by atoms with Crippen LogP contribution in [0.2, 0.25) is 0 Å². The van der Waals surface area contributed by atoms with E-state index in [-0.39, 0.29) is 12.1 Å². The van der Waals surface area contributed by atoms with Crippen LogP contribution in [0.1, 0.15) is 33.3 Å². The van der Waals surface area contributed by atoms with Gasteiger partial charge in [0.15, 0.2) is 0 Å². The van der Waals surface area contributed by atoms with Crippen molar-refractivity contribution in [3.63, 3.8) is 0 Å². The molecule has 5 nitrogen and oxygen atoms in total. The van der Waals surface area contributed by atoms with E-state index in [0.29, 0.717) is 12.3 Å². The molecule has 2 amide bonds. The van der Waals surface area contributed by atoms with Crippen LogP contribution in [0.4, 0.5) is 5.69 Å². The SMILES string of the molecule is CC(C)OCc1ccc(NC(=O)C(=O)N(C)C(C)C)cc1. The fourth-order valence-corrected chi connectivity index (χ4v) is 1.53. The van der Waals surface area contributed by atoms with Gasteiger partial charge in [-0.3, -0.25) is 9.59 Å². The summed E-state index contributed by atoms with van der Waals surface area (Å²) in [6.45, 7) is 8.20. The summed E-state index contributed by atoms with van der Waals surface area (Å²) in [5.74, 6) is -1.17.